The highest BCUT2D eigenvalue weighted by Gasteiger charge is 2.21. The number of rotatable bonds is 6. The van der Waals surface area contributed by atoms with Crippen LogP contribution in [0.25, 0.3) is 120 Å². The first-order chi connectivity index (χ1) is 31.2. The highest BCUT2D eigenvalue weighted by Crippen LogP contribution is 2.44. The molecule has 0 N–H and O–H groups in total. The highest BCUT2D eigenvalue weighted by atomic mass is 32.1. The summed E-state index contributed by atoms with van der Waals surface area (Å²) >= 11 is 1.81. The summed E-state index contributed by atoms with van der Waals surface area (Å²) in [6.45, 7) is 0. The van der Waals surface area contributed by atoms with Gasteiger partial charge in [-0.25, -0.2) is 15.0 Å². The number of benzene rings is 9. The van der Waals surface area contributed by atoms with Crippen molar-refractivity contribution in [1.29, 1.82) is 0 Å². The minimum Gasteiger partial charge on any atom is -0.309 e. The van der Waals surface area contributed by atoms with Crippen LogP contribution in [-0.4, -0.2) is 24.1 Å². The number of nitrogens with zero attached hydrogens (tertiary/aromatic N) is 5. The molecule has 0 aliphatic heterocycles. The first-order valence-electron chi connectivity index (χ1n) is 21.2. The Morgan fingerprint density at radius 2 is 0.762 bits per heavy atom. The van der Waals surface area contributed by atoms with E-state index in [9.17, 15) is 0 Å². The van der Waals surface area contributed by atoms with Gasteiger partial charge in [0.1, 0.15) is 0 Å². The van der Waals surface area contributed by atoms with E-state index in [1.54, 1.807) is 0 Å². The maximum absolute atomic E-state index is 5.18. The van der Waals surface area contributed by atoms with Crippen molar-refractivity contribution < 1.29 is 0 Å². The predicted molar refractivity (Wildman–Crippen MR) is 263 cm³/mol. The van der Waals surface area contributed by atoms with Crippen LogP contribution in [0.15, 0.2) is 212 Å². The van der Waals surface area contributed by atoms with Gasteiger partial charge in [0, 0.05) is 64.1 Å². The molecule has 0 radical (unpaired) electrons. The van der Waals surface area contributed by atoms with Crippen molar-refractivity contribution in [3.63, 3.8) is 0 Å². The van der Waals surface area contributed by atoms with Crippen molar-refractivity contribution in [1.82, 2.24) is 24.1 Å². The third kappa shape index (κ3) is 5.73. The Labute approximate surface area is 366 Å². The third-order valence-electron chi connectivity index (χ3n) is 12.3. The molecule has 0 unspecified atom stereocenters. The zero-order valence-corrected chi connectivity index (χ0v) is 34.7. The molecule has 5 nitrogen and oxygen atoms in total. The molecule has 4 aromatic heterocycles. The van der Waals surface area contributed by atoms with Gasteiger partial charge in [-0.05, 0) is 77.9 Å². The lowest BCUT2D eigenvalue weighted by Crippen LogP contribution is -2.01. The minimum absolute atomic E-state index is 0.635. The molecule has 0 fully saturated rings. The van der Waals surface area contributed by atoms with Crippen LogP contribution < -0.4 is 0 Å². The van der Waals surface area contributed by atoms with Gasteiger partial charge in [0.05, 0.1) is 27.8 Å². The summed E-state index contributed by atoms with van der Waals surface area (Å²) in [7, 11) is 0. The molecule has 9 aromatic carbocycles. The predicted octanol–water partition coefficient (Wildman–Crippen LogP) is 15.1. The molecule has 0 aliphatic rings. The molecule has 0 bridgehead atoms. The lowest BCUT2D eigenvalue weighted by atomic mass is 10.0. The van der Waals surface area contributed by atoms with Gasteiger partial charge in [-0.15, -0.1) is 11.3 Å². The van der Waals surface area contributed by atoms with E-state index in [0.717, 1.165) is 39.1 Å². The summed E-state index contributed by atoms with van der Waals surface area (Å²) in [4.78, 5) is 15.4. The highest BCUT2D eigenvalue weighted by molar-refractivity contribution is 7.26. The Hall–Kier alpha value is -8.19. The second-order valence-corrected chi connectivity index (χ2v) is 17.1. The lowest BCUT2D eigenvalue weighted by molar-refractivity contribution is 1.07. The van der Waals surface area contributed by atoms with E-state index < -0.39 is 0 Å². The zero-order chi connectivity index (χ0) is 41.4. The Kier molecular flexibility index (Phi) is 8.01. The van der Waals surface area contributed by atoms with Crippen molar-refractivity contribution in [3.8, 4) is 56.7 Å². The number of hydrogen-bond acceptors (Lipinski definition) is 4. The molecule has 13 aromatic rings. The quantitative estimate of drug-likeness (QED) is 0.168. The Bertz CT molecular complexity index is 3850. The van der Waals surface area contributed by atoms with Crippen molar-refractivity contribution in [2.45, 2.75) is 0 Å². The van der Waals surface area contributed by atoms with E-state index in [0.29, 0.717) is 17.5 Å². The largest absolute Gasteiger partial charge is 0.309 e. The molecule has 13 rings (SSSR count). The third-order valence-corrected chi connectivity index (χ3v) is 13.5. The van der Waals surface area contributed by atoms with Crippen molar-refractivity contribution in [3.05, 3.63) is 212 Å². The number of fused-ring (bicyclic) bond motifs is 9. The normalized spacial score (nSPS) is 11.8. The van der Waals surface area contributed by atoms with Crippen molar-refractivity contribution >= 4 is 75.1 Å². The second kappa shape index (κ2) is 14.2. The molecule has 63 heavy (non-hydrogen) atoms. The standard InChI is InChI=1S/C57H35N5S/c1-4-16-36(17-5-1)55-58-56(37-18-6-2-7-19-37)60-57(59-55)40-34-51(54-44-24-12-15-27-52(44)63-53(54)35-40)62-48-26-14-11-23-43(48)46-33-39(29-31-50(46)62)38-28-30-49-45(32-38)42-22-10-13-25-47(42)61(49)41-20-8-3-9-21-41/h1-35H. The number of thiophene rings is 1. The smallest absolute Gasteiger partial charge is 0.164 e. The van der Waals surface area contributed by atoms with Crippen molar-refractivity contribution in [2.24, 2.45) is 0 Å². The van der Waals surface area contributed by atoms with Crippen LogP contribution in [0.5, 0.6) is 0 Å². The van der Waals surface area contributed by atoms with Crippen LogP contribution >= 0.6 is 11.3 Å². The molecule has 294 valence electrons. The van der Waals surface area contributed by atoms with Gasteiger partial charge in [0.2, 0.25) is 0 Å². The average molecular weight is 822 g/mol. The first-order valence-corrected chi connectivity index (χ1v) is 22.0. The van der Waals surface area contributed by atoms with E-state index >= 15 is 0 Å². The zero-order valence-electron chi connectivity index (χ0n) is 33.9. The summed E-state index contributed by atoms with van der Waals surface area (Å²) in [5.41, 5.74) is 12.1. The van der Waals surface area contributed by atoms with Gasteiger partial charge < -0.3 is 9.13 Å². The lowest BCUT2D eigenvalue weighted by Gasteiger charge is -2.14. The fraction of sp³-hybridized carbons (Fsp3) is 0. The van der Waals surface area contributed by atoms with Gasteiger partial charge in [-0.1, -0.05) is 146 Å². The second-order valence-electron chi connectivity index (χ2n) is 16.0. The topological polar surface area (TPSA) is 48.5 Å². The van der Waals surface area contributed by atoms with Crippen LogP contribution in [-0.2, 0) is 0 Å². The number of aromatic nitrogens is 5. The van der Waals surface area contributed by atoms with E-state index in [2.05, 4.69) is 185 Å². The summed E-state index contributed by atoms with van der Waals surface area (Å²) in [5.74, 6) is 1.92. The molecular formula is C57H35N5S. The Balaban J connectivity index is 1.04. The summed E-state index contributed by atoms with van der Waals surface area (Å²) in [6.07, 6.45) is 0. The summed E-state index contributed by atoms with van der Waals surface area (Å²) < 4.78 is 7.24. The molecule has 4 heterocycles. The van der Waals surface area contributed by atoms with Crippen LogP contribution in [0.1, 0.15) is 0 Å². The van der Waals surface area contributed by atoms with E-state index in [4.69, 9.17) is 15.0 Å². The Morgan fingerprint density at radius 1 is 0.302 bits per heavy atom. The average Bonchev–Trinajstić information content (AvgIpc) is 4.02. The molecule has 6 heteroatoms. The minimum atomic E-state index is 0.635. The molecule has 0 amide bonds. The van der Waals surface area contributed by atoms with E-state index in [1.165, 1.54) is 63.9 Å². The van der Waals surface area contributed by atoms with Crippen LogP contribution in [0.2, 0.25) is 0 Å². The van der Waals surface area contributed by atoms with Gasteiger partial charge >= 0.3 is 0 Å². The molecule has 0 aliphatic carbocycles. The number of hydrogen-bond donors (Lipinski definition) is 0. The van der Waals surface area contributed by atoms with E-state index in [-0.39, 0.29) is 0 Å². The summed E-state index contributed by atoms with van der Waals surface area (Å²) in [6, 6.07) is 75.7. The SMILES string of the molecule is c1ccc(-c2nc(-c3ccccc3)nc(-c3cc(-n4c5ccccc5c5cc(-c6ccc7c(c6)c6ccccc6n7-c6ccccc6)ccc54)c4c(c3)sc3ccccc34)n2)cc1. The maximum atomic E-state index is 5.18. The molecule has 0 saturated carbocycles. The number of para-hydroxylation sites is 3. The molecule has 0 spiro atoms. The molecular weight excluding hydrogens is 787 g/mol. The molecule has 0 saturated heterocycles. The monoisotopic (exact) mass is 821 g/mol. The van der Waals surface area contributed by atoms with E-state index in [1.807, 2.05) is 47.7 Å². The molecule has 0 atom stereocenters. The van der Waals surface area contributed by atoms with Gasteiger partial charge in [0.25, 0.3) is 0 Å². The van der Waals surface area contributed by atoms with Gasteiger partial charge in [0.15, 0.2) is 17.5 Å². The summed E-state index contributed by atoms with van der Waals surface area (Å²) in [5, 5.41) is 7.33. The fourth-order valence-electron chi connectivity index (χ4n) is 9.50. The van der Waals surface area contributed by atoms with Crippen LogP contribution in [0, 0.1) is 0 Å². The van der Waals surface area contributed by atoms with Gasteiger partial charge in [-0.2, -0.15) is 0 Å². The maximum Gasteiger partial charge on any atom is 0.164 e. The fourth-order valence-corrected chi connectivity index (χ4v) is 10.7. The van der Waals surface area contributed by atoms with Crippen LogP contribution in [0.3, 0.4) is 0 Å². The Morgan fingerprint density at radius 3 is 1.37 bits per heavy atom. The van der Waals surface area contributed by atoms with Gasteiger partial charge in [-0.3, -0.25) is 0 Å². The van der Waals surface area contributed by atoms with Crippen molar-refractivity contribution in [2.75, 3.05) is 0 Å². The van der Waals surface area contributed by atoms with Crippen LogP contribution in [0.4, 0.5) is 0 Å². The first kappa shape index (κ1) is 35.6.